The Labute approximate surface area is 215 Å². The lowest BCUT2D eigenvalue weighted by molar-refractivity contribution is -0.124. The van der Waals surface area contributed by atoms with Crippen molar-refractivity contribution < 1.29 is 18.4 Å². The Morgan fingerprint density at radius 3 is 2.43 bits per heavy atom. The molecule has 0 bridgehead atoms. The highest BCUT2D eigenvalue weighted by atomic mass is 19.2. The van der Waals surface area contributed by atoms with Crippen LogP contribution in [0.4, 0.5) is 20.2 Å². The van der Waals surface area contributed by atoms with Gasteiger partial charge in [0.25, 0.3) is 0 Å². The zero-order chi connectivity index (χ0) is 26.5. The van der Waals surface area contributed by atoms with Gasteiger partial charge in [0.1, 0.15) is 5.83 Å². The summed E-state index contributed by atoms with van der Waals surface area (Å²) in [6, 6.07) is 15.1. The van der Waals surface area contributed by atoms with E-state index in [0.29, 0.717) is 30.2 Å². The maximum absolute atomic E-state index is 13.7. The predicted molar refractivity (Wildman–Crippen MR) is 143 cm³/mol. The smallest absolute Gasteiger partial charge is 0.248 e. The quantitative estimate of drug-likeness (QED) is 0.352. The number of hydrogen-bond acceptors (Lipinski definition) is 4. The number of para-hydroxylation sites is 2. The molecule has 4 N–H and O–H groups in total. The molecule has 37 heavy (non-hydrogen) atoms. The molecule has 2 amide bonds. The third-order valence-electron chi connectivity index (χ3n) is 6.88. The molecule has 2 aromatic carbocycles. The Bertz CT molecular complexity index is 1250. The molecule has 1 aliphatic heterocycles. The molecule has 0 aromatic heterocycles. The van der Waals surface area contributed by atoms with Crippen molar-refractivity contribution in [1.82, 2.24) is 10.2 Å². The predicted octanol–water partition coefficient (Wildman–Crippen LogP) is 5.29. The molecule has 194 valence electrons. The molecule has 4 rings (SSSR count). The fourth-order valence-corrected chi connectivity index (χ4v) is 4.69. The number of carbonyl (C=O) groups excluding carboxylic acids is 2. The standard InChI is InChI=1S/C29H32F2N4O2/c1-18(2)35-16-22(23(17-35)29(37)33-21-12-13-24(30)25(31)15-21)20-10-7-19(8-11-20)9-14-28(36)34-27-6-4-3-5-26(27)32/h3-11,14-15,18,22-23H,12-13,16-17,32H2,1-2H3,(H,33,37)(H,34,36)/b14-9+. The Morgan fingerprint density at radius 2 is 1.76 bits per heavy atom. The van der Waals surface area contributed by atoms with Gasteiger partial charge in [0.15, 0.2) is 5.83 Å². The first-order valence-electron chi connectivity index (χ1n) is 12.4. The SMILES string of the molecule is CC(C)N1CC(C(=O)NC2=CC(F)=C(F)CC2)C(c2ccc(/C=C/C(=O)Nc3ccccc3N)cc2)C1. The van der Waals surface area contributed by atoms with Gasteiger partial charge in [-0.25, -0.2) is 8.78 Å². The van der Waals surface area contributed by atoms with E-state index in [0.717, 1.165) is 17.2 Å². The summed E-state index contributed by atoms with van der Waals surface area (Å²) >= 11 is 0. The molecule has 1 heterocycles. The highest BCUT2D eigenvalue weighted by molar-refractivity contribution is 6.03. The molecule has 2 atom stereocenters. The Kier molecular flexibility index (Phi) is 8.18. The van der Waals surface area contributed by atoms with Crippen molar-refractivity contribution in [2.24, 2.45) is 5.92 Å². The fraction of sp³-hybridized carbons (Fsp3) is 0.310. The number of benzene rings is 2. The van der Waals surface area contributed by atoms with Gasteiger partial charge in [-0.15, -0.1) is 0 Å². The van der Waals surface area contributed by atoms with Crippen molar-refractivity contribution in [3.63, 3.8) is 0 Å². The van der Waals surface area contributed by atoms with E-state index in [2.05, 4.69) is 29.4 Å². The maximum Gasteiger partial charge on any atom is 0.248 e. The summed E-state index contributed by atoms with van der Waals surface area (Å²) in [5.41, 5.74) is 9.18. The van der Waals surface area contributed by atoms with Gasteiger partial charge >= 0.3 is 0 Å². The molecule has 0 radical (unpaired) electrons. The number of amides is 2. The van der Waals surface area contributed by atoms with Gasteiger partial charge in [0, 0.05) is 43.2 Å². The Hall–Kier alpha value is -3.78. The van der Waals surface area contributed by atoms with E-state index in [9.17, 15) is 18.4 Å². The van der Waals surface area contributed by atoms with Crippen LogP contribution in [-0.4, -0.2) is 35.8 Å². The summed E-state index contributed by atoms with van der Waals surface area (Å²) in [6.45, 7) is 5.48. The first-order chi connectivity index (χ1) is 17.7. The van der Waals surface area contributed by atoms with Crippen LogP contribution >= 0.6 is 0 Å². The van der Waals surface area contributed by atoms with Gasteiger partial charge in [0.05, 0.1) is 17.3 Å². The van der Waals surface area contributed by atoms with Crippen LogP contribution in [-0.2, 0) is 9.59 Å². The average Bonchev–Trinajstić information content (AvgIpc) is 3.33. The van der Waals surface area contributed by atoms with E-state index < -0.39 is 11.7 Å². The summed E-state index contributed by atoms with van der Waals surface area (Å²) in [5, 5.41) is 5.59. The summed E-state index contributed by atoms with van der Waals surface area (Å²) in [5.74, 6) is -2.55. The lowest BCUT2D eigenvalue weighted by Gasteiger charge is -2.21. The van der Waals surface area contributed by atoms with E-state index >= 15 is 0 Å². The lowest BCUT2D eigenvalue weighted by atomic mass is 9.87. The average molecular weight is 507 g/mol. The largest absolute Gasteiger partial charge is 0.397 e. The lowest BCUT2D eigenvalue weighted by Crippen LogP contribution is -2.35. The van der Waals surface area contributed by atoms with Crippen molar-refractivity contribution in [1.29, 1.82) is 0 Å². The van der Waals surface area contributed by atoms with Gasteiger partial charge in [-0.2, -0.15) is 0 Å². The van der Waals surface area contributed by atoms with Gasteiger partial charge in [-0.1, -0.05) is 36.4 Å². The number of halogens is 2. The van der Waals surface area contributed by atoms with Crippen molar-refractivity contribution >= 4 is 29.3 Å². The molecule has 8 heteroatoms. The third-order valence-corrected chi connectivity index (χ3v) is 6.88. The van der Waals surface area contributed by atoms with E-state index in [1.54, 1.807) is 30.3 Å². The molecular formula is C29H32F2N4O2. The van der Waals surface area contributed by atoms with Crippen molar-refractivity contribution in [3.8, 4) is 0 Å². The summed E-state index contributed by atoms with van der Waals surface area (Å²) in [6.07, 6.45) is 4.46. The second-order valence-electron chi connectivity index (χ2n) is 9.75. The number of nitrogens with two attached hydrogens (primary N) is 1. The zero-order valence-electron chi connectivity index (χ0n) is 21.0. The second-order valence-corrected chi connectivity index (χ2v) is 9.75. The minimum Gasteiger partial charge on any atom is -0.397 e. The van der Waals surface area contributed by atoms with E-state index in [-0.39, 0.29) is 42.5 Å². The van der Waals surface area contributed by atoms with Gasteiger partial charge in [0.2, 0.25) is 11.8 Å². The number of nitrogen functional groups attached to an aromatic ring is 1. The number of nitrogens with one attached hydrogen (secondary N) is 2. The highest BCUT2D eigenvalue weighted by Gasteiger charge is 2.39. The van der Waals surface area contributed by atoms with E-state index in [1.165, 1.54) is 6.08 Å². The Morgan fingerprint density at radius 1 is 1.03 bits per heavy atom. The Balaban J connectivity index is 1.44. The number of hydrogen-bond donors (Lipinski definition) is 3. The zero-order valence-corrected chi connectivity index (χ0v) is 21.0. The summed E-state index contributed by atoms with van der Waals surface area (Å²) < 4.78 is 27.0. The number of carbonyl (C=O) groups is 2. The minimum atomic E-state index is -0.919. The number of rotatable bonds is 7. The van der Waals surface area contributed by atoms with Crippen LogP contribution < -0.4 is 16.4 Å². The molecule has 1 aliphatic carbocycles. The summed E-state index contributed by atoms with van der Waals surface area (Å²) in [7, 11) is 0. The second kappa shape index (κ2) is 11.5. The number of allylic oxidation sites excluding steroid dienone is 4. The molecule has 1 saturated heterocycles. The molecule has 1 fully saturated rings. The molecule has 0 saturated carbocycles. The highest BCUT2D eigenvalue weighted by Crippen LogP contribution is 2.35. The first-order valence-corrected chi connectivity index (χ1v) is 12.4. The van der Waals surface area contributed by atoms with Crippen LogP contribution in [0.5, 0.6) is 0 Å². The van der Waals surface area contributed by atoms with Crippen molar-refractivity contribution in [3.05, 3.63) is 89.2 Å². The first kappa shape index (κ1) is 26.3. The minimum absolute atomic E-state index is 0.0457. The van der Waals surface area contributed by atoms with Gasteiger partial charge in [-0.3, -0.25) is 14.5 Å². The number of anilines is 2. The number of likely N-dealkylation sites (tertiary alicyclic amines) is 1. The third kappa shape index (κ3) is 6.51. The molecule has 0 spiro atoms. The van der Waals surface area contributed by atoms with Crippen LogP contribution in [0.3, 0.4) is 0 Å². The molecule has 2 unspecified atom stereocenters. The van der Waals surface area contributed by atoms with Crippen LogP contribution in [0.2, 0.25) is 0 Å². The van der Waals surface area contributed by atoms with E-state index in [1.807, 2.05) is 24.3 Å². The number of nitrogens with zero attached hydrogens (tertiary/aromatic N) is 1. The van der Waals surface area contributed by atoms with Crippen molar-refractivity contribution in [2.45, 2.75) is 38.6 Å². The normalized spacial score (nSPS) is 20.4. The maximum atomic E-state index is 13.7. The molecular weight excluding hydrogens is 474 g/mol. The van der Waals surface area contributed by atoms with Crippen LogP contribution in [0.25, 0.3) is 6.08 Å². The molecule has 6 nitrogen and oxygen atoms in total. The van der Waals surface area contributed by atoms with Crippen LogP contribution in [0.1, 0.15) is 43.7 Å². The van der Waals surface area contributed by atoms with Crippen molar-refractivity contribution in [2.75, 3.05) is 24.1 Å². The topological polar surface area (TPSA) is 87.5 Å². The monoisotopic (exact) mass is 506 g/mol. The molecule has 2 aromatic rings. The van der Waals surface area contributed by atoms with Gasteiger partial charge in [-0.05, 0) is 55.7 Å². The van der Waals surface area contributed by atoms with Gasteiger partial charge < -0.3 is 16.4 Å². The molecule has 2 aliphatic rings. The fourth-order valence-electron chi connectivity index (χ4n) is 4.69. The van der Waals surface area contributed by atoms with E-state index in [4.69, 9.17) is 5.73 Å². The summed E-state index contributed by atoms with van der Waals surface area (Å²) in [4.78, 5) is 27.7. The van der Waals surface area contributed by atoms with Crippen LogP contribution in [0.15, 0.2) is 78.0 Å². The van der Waals surface area contributed by atoms with Crippen LogP contribution in [0, 0.1) is 5.92 Å².